The maximum absolute atomic E-state index is 12.0. The lowest BCUT2D eigenvalue weighted by atomic mass is 10.1. The number of rotatable bonds is 10. The summed E-state index contributed by atoms with van der Waals surface area (Å²) < 4.78 is 55.5. The predicted molar refractivity (Wildman–Crippen MR) is 116 cm³/mol. The third-order valence-electron chi connectivity index (χ3n) is 3.79. The van der Waals surface area contributed by atoms with Crippen LogP contribution in [0.5, 0.6) is 11.5 Å². The molecule has 7 nitrogen and oxygen atoms in total. The molecule has 0 aliphatic rings. The van der Waals surface area contributed by atoms with Crippen molar-refractivity contribution in [2.75, 3.05) is 11.5 Å². The molecular formula is C21H22O7S2. The summed E-state index contributed by atoms with van der Waals surface area (Å²) in [4.78, 5) is 12.0. The molecule has 9 heteroatoms. The largest absolute Gasteiger partial charge is 0.382 e. The minimum absolute atomic E-state index is 0.122. The van der Waals surface area contributed by atoms with Gasteiger partial charge in [-0.15, -0.1) is 0 Å². The Kier molecular flexibility index (Phi) is 7.96. The maximum Gasteiger partial charge on any atom is 0.308 e. The second-order valence-corrected chi connectivity index (χ2v) is 9.79. The summed E-state index contributed by atoms with van der Waals surface area (Å²) in [5, 5.41) is 0. The summed E-state index contributed by atoms with van der Waals surface area (Å²) >= 11 is 0. The van der Waals surface area contributed by atoms with E-state index in [1.54, 1.807) is 36.4 Å². The van der Waals surface area contributed by atoms with Gasteiger partial charge in [-0.05, 0) is 61.4 Å². The van der Waals surface area contributed by atoms with E-state index in [9.17, 15) is 21.6 Å². The van der Waals surface area contributed by atoms with E-state index in [1.165, 1.54) is 50.3 Å². The molecule has 2 aromatic rings. The average molecular weight is 451 g/mol. The monoisotopic (exact) mass is 450 g/mol. The second kappa shape index (κ2) is 10.2. The molecule has 0 spiro atoms. The molecular weight excluding hydrogens is 428 g/mol. The third kappa shape index (κ3) is 7.84. The highest BCUT2D eigenvalue weighted by Crippen LogP contribution is 2.17. The molecule has 2 rings (SSSR count). The maximum atomic E-state index is 12.0. The lowest BCUT2D eigenvalue weighted by Gasteiger charge is -2.04. The fourth-order valence-electron chi connectivity index (χ4n) is 2.09. The van der Waals surface area contributed by atoms with Crippen LogP contribution in [0, 0.1) is 0 Å². The Labute approximate surface area is 176 Å². The van der Waals surface area contributed by atoms with Gasteiger partial charge in [-0.3, -0.25) is 4.79 Å². The Morgan fingerprint density at radius 1 is 0.700 bits per heavy atom. The van der Waals surface area contributed by atoms with Gasteiger partial charge in [0.1, 0.15) is 11.5 Å². The highest BCUT2D eigenvalue weighted by molar-refractivity contribution is 7.87. The molecule has 0 saturated heterocycles. The minimum Gasteiger partial charge on any atom is -0.382 e. The van der Waals surface area contributed by atoms with E-state index >= 15 is 0 Å². The zero-order valence-electron chi connectivity index (χ0n) is 16.5. The van der Waals surface area contributed by atoms with Crippen LogP contribution >= 0.6 is 0 Å². The quantitative estimate of drug-likeness (QED) is 0.403. The van der Waals surface area contributed by atoms with Gasteiger partial charge < -0.3 is 8.37 Å². The van der Waals surface area contributed by atoms with E-state index in [1.807, 2.05) is 0 Å². The average Bonchev–Trinajstić information content (AvgIpc) is 2.72. The number of carbonyl (C=O) groups excluding carboxylic acids is 1. The van der Waals surface area contributed by atoms with E-state index in [-0.39, 0.29) is 28.8 Å². The van der Waals surface area contributed by atoms with Crippen LogP contribution in [-0.2, 0) is 25.0 Å². The number of carbonyl (C=O) groups is 1. The lowest BCUT2D eigenvalue weighted by molar-refractivity contribution is -0.110. The molecule has 0 unspecified atom stereocenters. The topological polar surface area (TPSA) is 104 Å². The number of allylic oxidation sites excluding steroid dienone is 2. The molecule has 0 aliphatic heterocycles. The van der Waals surface area contributed by atoms with Crippen molar-refractivity contribution in [2.24, 2.45) is 0 Å². The van der Waals surface area contributed by atoms with Gasteiger partial charge in [0.25, 0.3) is 0 Å². The van der Waals surface area contributed by atoms with E-state index in [0.717, 1.165) is 0 Å². The van der Waals surface area contributed by atoms with Crippen molar-refractivity contribution >= 4 is 38.2 Å². The van der Waals surface area contributed by atoms with Crippen molar-refractivity contribution in [1.82, 2.24) is 0 Å². The molecule has 30 heavy (non-hydrogen) atoms. The molecule has 0 amide bonds. The summed E-state index contributed by atoms with van der Waals surface area (Å²) in [5.74, 6) is -0.0804. The number of hydrogen-bond acceptors (Lipinski definition) is 7. The smallest absolute Gasteiger partial charge is 0.308 e. The Hall–Kier alpha value is -2.91. The van der Waals surface area contributed by atoms with Crippen molar-refractivity contribution in [3.63, 3.8) is 0 Å². The van der Waals surface area contributed by atoms with Gasteiger partial charge in [0.15, 0.2) is 5.78 Å². The van der Waals surface area contributed by atoms with Gasteiger partial charge in [0.05, 0.1) is 11.5 Å². The Morgan fingerprint density at radius 2 is 1.03 bits per heavy atom. The molecule has 2 aromatic carbocycles. The minimum atomic E-state index is -3.58. The van der Waals surface area contributed by atoms with Gasteiger partial charge in [0, 0.05) is 0 Å². The molecule has 0 atom stereocenters. The van der Waals surface area contributed by atoms with Crippen molar-refractivity contribution in [3.05, 3.63) is 71.8 Å². The summed E-state index contributed by atoms with van der Waals surface area (Å²) in [5.41, 5.74) is 1.41. The van der Waals surface area contributed by atoms with E-state index in [0.29, 0.717) is 11.1 Å². The molecule has 0 aliphatic carbocycles. The second-order valence-electron chi connectivity index (χ2n) is 6.07. The van der Waals surface area contributed by atoms with Gasteiger partial charge in [-0.1, -0.05) is 36.4 Å². The molecule has 0 N–H and O–H groups in total. The zero-order valence-corrected chi connectivity index (χ0v) is 18.1. The first-order valence-corrected chi connectivity index (χ1v) is 12.2. The van der Waals surface area contributed by atoms with Crippen molar-refractivity contribution in [3.8, 4) is 11.5 Å². The highest BCUT2D eigenvalue weighted by Gasteiger charge is 2.09. The molecule has 160 valence electrons. The summed E-state index contributed by atoms with van der Waals surface area (Å²) in [6.45, 7) is 2.98. The van der Waals surface area contributed by atoms with E-state index in [4.69, 9.17) is 8.37 Å². The molecule has 0 aromatic heterocycles. The summed E-state index contributed by atoms with van der Waals surface area (Å²) in [6, 6.07) is 12.6. The number of ketones is 1. The summed E-state index contributed by atoms with van der Waals surface area (Å²) in [7, 11) is -7.15. The van der Waals surface area contributed by atoms with Crippen LogP contribution in [0.2, 0.25) is 0 Å². The molecule has 0 radical (unpaired) electrons. The van der Waals surface area contributed by atoms with Crippen LogP contribution in [0.15, 0.2) is 60.7 Å². The normalized spacial score (nSPS) is 12.3. The Balaban J connectivity index is 1.95. The van der Waals surface area contributed by atoms with Crippen molar-refractivity contribution in [2.45, 2.75) is 13.8 Å². The molecule has 0 saturated carbocycles. The number of benzene rings is 2. The number of hydrogen-bond donors (Lipinski definition) is 0. The van der Waals surface area contributed by atoms with Crippen molar-refractivity contribution in [1.29, 1.82) is 0 Å². The van der Waals surface area contributed by atoms with Crippen LogP contribution in [0.1, 0.15) is 25.0 Å². The third-order valence-corrected chi connectivity index (χ3v) is 6.10. The van der Waals surface area contributed by atoms with Crippen LogP contribution in [0.3, 0.4) is 0 Å². The van der Waals surface area contributed by atoms with Gasteiger partial charge >= 0.3 is 20.2 Å². The van der Waals surface area contributed by atoms with Gasteiger partial charge in [-0.2, -0.15) is 16.8 Å². The van der Waals surface area contributed by atoms with E-state index in [2.05, 4.69) is 0 Å². The van der Waals surface area contributed by atoms with Gasteiger partial charge in [-0.25, -0.2) is 0 Å². The predicted octanol–water partition coefficient (Wildman–Crippen LogP) is 3.44. The van der Waals surface area contributed by atoms with Crippen molar-refractivity contribution < 1.29 is 30.0 Å². The Morgan fingerprint density at radius 3 is 1.33 bits per heavy atom. The molecule has 0 heterocycles. The van der Waals surface area contributed by atoms with Crippen LogP contribution in [0.25, 0.3) is 12.2 Å². The Bertz CT molecular complexity index is 1040. The summed E-state index contributed by atoms with van der Waals surface area (Å²) in [6.07, 6.45) is 5.94. The lowest BCUT2D eigenvalue weighted by Crippen LogP contribution is -2.11. The zero-order chi connectivity index (χ0) is 22.2. The van der Waals surface area contributed by atoms with Gasteiger partial charge in [0.2, 0.25) is 0 Å². The first-order valence-electron chi connectivity index (χ1n) is 9.07. The van der Waals surface area contributed by atoms with E-state index < -0.39 is 20.2 Å². The fraction of sp³-hybridized carbons (Fsp3) is 0.190. The standard InChI is InChI=1S/C21H22O7S2/c1-3-29(23,24)27-20-13-7-17(8-14-20)5-11-19(22)12-6-18-9-15-21(16-10-18)28-30(25,26)4-2/h5-16H,3-4H2,1-2H3. The molecule has 0 bridgehead atoms. The van der Waals surface area contributed by atoms with Crippen LogP contribution in [-0.4, -0.2) is 34.1 Å². The fourth-order valence-corrected chi connectivity index (χ4v) is 3.14. The SMILES string of the molecule is CCS(=O)(=O)Oc1ccc(C=CC(=O)C=Cc2ccc(OS(=O)(=O)CC)cc2)cc1. The molecule has 0 fully saturated rings. The van der Waals surface area contributed by atoms with Crippen LogP contribution in [0.4, 0.5) is 0 Å². The van der Waals surface area contributed by atoms with Crippen LogP contribution < -0.4 is 8.37 Å². The first kappa shape index (κ1) is 23.4. The highest BCUT2D eigenvalue weighted by atomic mass is 32.2. The first-order chi connectivity index (χ1) is 14.1.